The molecule has 0 aromatic carbocycles. The van der Waals surface area contributed by atoms with Gasteiger partial charge in [-0.1, -0.05) is 39.0 Å². The first-order valence-corrected chi connectivity index (χ1v) is 7.69. The molecule has 0 saturated heterocycles. The molecule has 106 valence electrons. The van der Waals surface area contributed by atoms with Gasteiger partial charge in [0.1, 0.15) is 0 Å². The predicted octanol–water partition coefficient (Wildman–Crippen LogP) is 4.22. The highest BCUT2D eigenvalue weighted by atomic mass is 16.6. The molecule has 1 aliphatic carbocycles. The van der Waals surface area contributed by atoms with Crippen LogP contribution in [0, 0.1) is 5.92 Å². The molecule has 1 aliphatic rings. The molecule has 0 heterocycles. The number of carbonyl (C=O) groups excluding carboxylic acids is 1. The van der Waals surface area contributed by atoms with Crippen LogP contribution in [-0.2, 0) is 4.74 Å². The normalized spacial score (nSPS) is 14.6. The van der Waals surface area contributed by atoms with Crippen molar-refractivity contribution in [3.05, 3.63) is 0 Å². The van der Waals surface area contributed by atoms with E-state index < -0.39 is 0 Å². The van der Waals surface area contributed by atoms with Crippen LogP contribution < -0.4 is 0 Å². The summed E-state index contributed by atoms with van der Waals surface area (Å²) in [6.45, 7) is 6.38. The third-order valence-corrected chi connectivity index (χ3v) is 3.48. The van der Waals surface area contributed by atoms with Crippen LogP contribution in [0.25, 0.3) is 0 Å². The second kappa shape index (κ2) is 9.23. The van der Waals surface area contributed by atoms with Gasteiger partial charge < -0.3 is 9.64 Å². The van der Waals surface area contributed by atoms with Crippen molar-refractivity contribution < 1.29 is 9.53 Å². The Bertz CT molecular complexity index is 227. The lowest BCUT2D eigenvalue weighted by Gasteiger charge is -2.21. The Hall–Kier alpha value is -0.730. The first-order chi connectivity index (χ1) is 8.77. The fourth-order valence-corrected chi connectivity index (χ4v) is 2.17. The summed E-state index contributed by atoms with van der Waals surface area (Å²) in [6, 6.07) is 0. The van der Waals surface area contributed by atoms with Crippen LogP contribution in [0.2, 0.25) is 0 Å². The molecule has 0 unspecified atom stereocenters. The smallest absolute Gasteiger partial charge is 0.409 e. The van der Waals surface area contributed by atoms with Crippen molar-refractivity contribution in [3.8, 4) is 0 Å². The molecule has 1 rings (SSSR count). The number of rotatable bonds is 10. The highest BCUT2D eigenvalue weighted by Gasteiger charge is 2.26. The van der Waals surface area contributed by atoms with E-state index in [0.29, 0.717) is 6.61 Å². The highest BCUT2D eigenvalue weighted by molar-refractivity contribution is 5.67. The van der Waals surface area contributed by atoms with E-state index in [0.717, 1.165) is 25.4 Å². The number of ether oxygens (including phenoxy) is 1. The first-order valence-electron chi connectivity index (χ1n) is 7.69. The number of hydrogen-bond donors (Lipinski definition) is 0. The summed E-state index contributed by atoms with van der Waals surface area (Å²) >= 11 is 0. The van der Waals surface area contributed by atoms with Crippen LogP contribution in [0.4, 0.5) is 4.79 Å². The van der Waals surface area contributed by atoms with Gasteiger partial charge >= 0.3 is 6.09 Å². The predicted molar refractivity (Wildman–Crippen MR) is 74.7 cm³/mol. The summed E-state index contributed by atoms with van der Waals surface area (Å²) < 4.78 is 5.12. The fraction of sp³-hybridized carbons (Fsp3) is 0.933. The summed E-state index contributed by atoms with van der Waals surface area (Å²) in [5.41, 5.74) is 0. The maximum atomic E-state index is 11.8. The number of unbranched alkanes of at least 4 members (excludes halogenated alkanes) is 5. The van der Waals surface area contributed by atoms with Crippen LogP contribution in [0.3, 0.4) is 0 Å². The van der Waals surface area contributed by atoms with Crippen molar-refractivity contribution in [2.45, 2.75) is 65.2 Å². The van der Waals surface area contributed by atoms with Crippen LogP contribution in [-0.4, -0.2) is 30.7 Å². The zero-order chi connectivity index (χ0) is 13.2. The number of hydrogen-bond acceptors (Lipinski definition) is 2. The summed E-state index contributed by atoms with van der Waals surface area (Å²) in [5, 5.41) is 0. The van der Waals surface area contributed by atoms with E-state index in [2.05, 4.69) is 6.92 Å². The van der Waals surface area contributed by atoms with Gasteiger partial charge in [0.05, 0.1) is 6.61 Å². The summed E-state index contributed by atoms with van der Waals surface area (Å²) in [7, 11) is 0. The average Bonchev–Trinajstić information content (AvgIpc) is 3.16. The Morgan fingerprint density at radius 1 is 1.11 bits per heavy atom. The summed E-state index contributed by atoms with van der Waals surface area (Å²) in [6.07, 6.45) is 10.1. The zero-order valence-corrected chi connectivity index (χ0v) is 12.1. The van der Waals surface area contributed by atoms with Crippen molar-refractivity contribution in [2.24, 2.45) is 5.92 Å². The Labute approximate surface area is 112 Å². The lowest BCUT2D eigenvalue weighted by atomic mass is 10.1. The molecule has 0 aromatic rings. The minimum absolute atomic E-state index is 0.113. The molecule has 0 radical (unpaired) electrons. The van der Waals surface area contributed by atoms with Gasteiger partial charge in [0.15, 0.2) is 0 Å². The van der Waals surface area contributed by atoms with E-state index >= 15 is 0 Å². The molecular weight excluding hydrogens is 226 g/mol. The van der Waals surface area contributed by atoms with Gasteiger partial charge in [-0.05, 0) is 32.1 Å². The maximum absolute atomic E-state index is 11.8. The number of carbonyl (C=O) groups is 1. The quantitative estimate of drug-likeness (QED) is 0.547. The largest absolute Gasteiger partial charge is 0.450 e. The summed E-state index contributed by atoms with van der Waals surface area (Å²) in [4.78, 5) is 13.7. The number of amides is 1. The van der Waals surface area contributed by atoms with Crippen LogP contribution in [0.15, 0.2) is 0 Å². The van der Waals surface area contributed by atoms with Gasteiger partial charge in [0, 0.05) is 13.1 Å². The molecule has 0 atom stereocenters. The van der Waals surface area contributed by atoms with E-state index in [1.54, 1.807) is 0 Å². The van der Waals surface area contributed by atoms with Gasteiger partial charge in [0.2, 0.25) is 0 Å². The molecule has 1 fully saturated rings. The third-order valence-electron chi connectivity index (χ3n) is 3.48. The summed E-state index contributed by atoms with van der Waals surface area (Å²) in [5.74, 6) is 0.745. The first kappa shape index (κ1) is 15.3. The fourth-order valence-electron chi connectivity index (χ4n) is 2.17. The van der Waals surface area contributed by atoms with Crippen molar-refractivity contribution >= 4 is 6.09 Å². The van der Waals surface area contributed by atoms with Gasteiger partial charge in [0.25, 0.3) is 0 Å². The molecule has 1 saturated carbocycles. The van der Waals surface area contributed by atoms with E-state index in [4.69, 9.17) is 4.74 Å². The molecule has 0 N–H and O–H groups in total. The van der Waals surface area contributed by atoms with E-state index in [-0.39, 0.29) is 6.09 Å². The highest BCUT2D eigenvalue weighted by Crippen LogP contribution is 2.30. The second-order valence-electron chi connectivity index (χ2n) is 5.36. The average molecular weight is 255 g/mol. The molecule has 0 bridgehead atoms. The minimum atomic E-state index is -0.113. The van der Waals surface area contributed by atoms with Gasteiger partial charge in [-0.3, -0.25) is 0 Å². The Kier molecular flexibility index (Phi) is 7.86. The maximum Gasteiger partial charge on any atom is 0.409 e. The Morgan fingerprint density at radius 3 is 2.39 bits per heavy atom. The van der Waals surface area contributed by atoms with Crippen LogP contribution >= 0.6 is 0 Å². The lowest BCUT2D eigenvalue weighted by molar-refractivity contribution is 0.104. The van der Waals surface area contributed by atoms with Crippen LogP contribution in [0.1, 0.15) is 65.2 Å². The molecule has 0 spiro atoms. The minimum Gasteiger partial charge on any atom is -0.450 e. The molecule has 3 nitrogen and oxygen atoms in total. The van der Waals surface area contributed by atoms with E-state index in [1.165, 1.54) is 44.9 Å². The Morgan fingerprint density at radius 2 is 1.78 bits per heavy atom. The molecule has 0 aliphatic heterocycles. The molecule has 3 heteroatoms. The van der Waals surface area contributed by atoms with Crippen molar-refractivity contribution in [2.75, 3.05) is 19.7 Å². The SMILES string of the molecule is CCCCCCCCN(CC1CC1)C(=O)OCC. The monoisotopic (exact) mass is 255 g/mol. The van der Waals surface area contributed by atoms with E-state index in [9.17, 15) is 4.79 Å². The second-order valence-corrected chi connectivity index (χ2v) is 5.36. The molecular formula is C15H29NO2. The van der Waals surface area contributed by atoms with Crippen molar-refractivity contribution in [1.82, 2.24) is 4.90 Å². The molecule has 18 heavy (non-hydrogen) atoms. The topological polar surface area (TPSA) is 29.5 Å². The van der Waals surface area contributed by atoms with Crippen molar-refractivity contribution in [3.63, 3.8) is 0 Å². The van der Waals surface area contributed by atoms with E-state index in [1.807, 2.05) is 11.8 Å². The molecule has 1 amide bonds. The van der Waals surface area contributed by atoms with Gasteiger partial charge in [-0.25, -0.2) is 4.79 Å². The zero-order valence-electron chi connectivity index (χ0n) is 12.1. The van der Waals surface area contributed by atoms with Crippen LogP contribution in [0.5, 0.6) is 0 Å². The third kappa shape index (κ3) is 6.87. The van der Waals surface area contributed by atoms with Gasteiger partial charge in [-0.2, -0.15) is 0 Å². The standard InChI is InChI=1S/C15H29NO2/c1-3-5-6-7-8-9-12-16(13-14-10-11-14)15(17)18-4-2/h14H,3-13H2,1-2H3. The number of nitrogens with zero attached hydrogens (tertiary/aromatic N) is 1. The Balaban J connectivity index is 2.12. The lowest BCUT2D eigenvalue weighted by Crippen LogP contribution is -2.34. The van der Waals surface area contributed by atoms with Crippen molar-refractivity contribution in [1.29, 1.82) is 0 Å². The molecule has 0 aromatic heterocycles. The van der Waals surface area contributed by atoms with Gasteiger partial charge in [-0.15, -0.1) is 0 Å².